The van der Waals surface area contributed by atoms with Crippen LogP contribution in [0.2, 0.25) is 0 Å². The van der Waals surface area contributed by atoms with E-state index in [2.05, 4.69) is 0 Å². The molecule has 106 valence electrons. The molecule has 0 radical (unpaired) electrons. The highest BCUT2D eigenvalue weighted by Gasteiger charge is 2.37. The van der Waals surface area contributed by atoms with E-state index < -0.39 is 5.41 Å². The Labute approximate surface area is 114 Å². The van der Waals surface area contributed by atoms with E-state index in [-0.39, 0.29) is 18.4 Å². The van der Waals surface area contributed by atoms with Crippen molar-refractivity contribution in [3.8, 4) is 5.75 Å². The van der Waals surface area contributed by atoms with Crippen LogP contribution >= 0.6 is 0 Å². The topological polar surface area (TPSA) is 61.5 Å². The minimum absolute atomic E-state index is 0.148. The molecule has 1 aromatic rings. The van der Waals surface area contributed by atoms with Gasteiger partial charge in [-0.15, -0.1) is 0 Å². The Morgan fingerprint density at radius 1 is 1.32 bits per heavy atom. The third-order valence-electron chi connectivity index (χ3n) is 3.85. The first kappa shape index (κ1) is 15.5. The van der Waals surface area contributed by atoms with Gasteiger partial charge in [0.05, 0.1) is 20.6 Å². The first-order chi connectivity index (χ1) is 9.00. The molecule has 0 spiro atoms. The molecule has 4 heteroatoms. The monoisotopic (exact) mass is 265 g/mol. The Kier molecular flexibility index (Phi) is 5.36. The van der Waals surface area contributed by atoms with E-state index in [9.17, 15) is 4.79 Å². The summed E-state index contributed by atoms with van der Waals surface area (Å²) >= 11 is 0. The summed E-state index contributed by atoms with van der Waals surface area (Å²) in [5, 5.41) is 0. The molecule has 2 atom stereocenters. The SMILES string of the molecule is CCC(CC(=O)OC)(c1ccc(OC)cc1)C(C)N. The van der Waals surface area contributed by atoms with Crippen LogP contribution in [0, 0.1) is 0 Å². The Morgan fingerprint density at radius 2 is 1.89 bits per heavy atom. The molecule has 0 aliphatic heterocycles. The zero-order valence-electron chi connectivity index (χ0n) is 12.1. The standard InChI is InChI=1S/C15H23NO3/c1-5-15(11(2)16,10-14(17)19-4)12-6-8-13(18-3)9-7-12/h6-9,11H,5,10,16H2,1-4H3. The van der Waals surface area contributed by atoms with Crippen LogP contribution in [0.1, 0.15) is 32.3 Å². The fraction of sp³-hybridized carbons (Fsp3) is 0.533. The summed E-state index contributed by atoms with van der Waals surface area (Å²) in [6.07, 6.45) is 1.05. The van der Waals surface area contributed by atoms with Gasteiger partial charge in [0.25, 0.3) is 0 Å². The zero-order chi connectivity index (χ0) is 14.5. The van der Waals surface area contributed by atoms with Crippen LogP contribution in [0.3, 0.4) is 0 Å². The van der Waals surface area contributed by atoms with Crippen LogP contribution in [0.4, 0.5) is 0 Å². The highest BCUT2D eigenvalue weighted by atomic mass is 16.5. The third-order valence-corrected chi connectivity index (χ3v) is 3.85. The molecule has 2 N–H and O–H groups in total. The number of ether oxygens (including phenoxy) is 2. The largest absolute Gasteiger partial charge is 0.497 e. The van der Waals surface area contributed by atoms with Gasteiger partial charge >= 0.3 is 5.97 Å². The van der Waals surface area contributed by atoms with E-state index in [1.54, 1.807) is 7.11 Å². The molecule has 0 aromatic heterocycles. The number of carbonyl (C=O) groups is 1. The van der Waals surface area contributed by atoms with Gasteiger partial charge < -0.3 is 15.2 Å². The minimum Gasteiger partial charge on any atom is -0.497 e. The van der Waals surface area contributed by atoms with Crippen LogP contribution < -0.4 is 10.5 Å². The van der Waals surface area contributed by atoms with Gasteiger partial charge in [-0.2, -0.15) is 0 Å². The highest BCUT2D eigenvalue weighted by Crippen LogP contribution is 2.35. The van der Waals surface area contributed by atoms with Crippen LogP contribution in [-0.4, -0.2) is 26.2 Å². The van der Waals surface area contributed by atoms with Crippen molar-refractivity contribution in [2.45, 2.75) is 38.1 Å². The van der Waals surface area contributed by atoms with E-state index in [1.165, 1.54) is 7.11 Å². The summed E-state index contributed by atoms with van der Waals surface area (Å²) in [7, 11) is 3.03. The molecule has 0 aliphatic rings. The van der Waals surface area contributed by atoms with Crippen molar-refractivity contribution in [1.29, 1.82) is 0 Å². The van der Waals surface area contributed by atoms with Gasteiger partial charge in [0, 0.05) is 11.5 Å². The van der Waals surface area contributed by atoms with E-state index >= 15 is 0 Å². The summed E-state index contributed by atoms with van der Waals surface area (Å²) in [6.45, 7) is 3.97. The van der Waals surface area contributed by atoms with Crippen molar-refractivity contribution in [2.75, 3.05) is 14.2 Å². The van der Waals surface area contributed by atoms with Crippen LogP contribution in [0.25, 0.3) is 0 Å². The molecule has 0 fully saturated rings. The second kappa shape index (κ2) is 6.57. The lowest BCUT2D eigenvalue weighted by Crippen LogP contribution is -2.44. The number of esters is 1. The summed E-state index contributed by atoms with van der Waals surface area (Å²) in [4.78, 5) is 11.7. The molecule has 1 rings (SSSR count). The Bertz CT molecular complexity index is 414. The van der Waals surface area contributed by atoms with Crippen molar-refractivity contribution in [3.05, 3.63) is 29.8 Å². The number of hydrogen-bond donors (Lipinski definition) is 1. The maximum Gasteiger partial charge on any atom is 0.306 e. The lowest BCUT2D eigenvalue weighted by Gasteiger charge is -2.36. The lowest BCUT2D eigenvalue weighted by molar-refractivity contribution is -0.142. The molecular weight excluding hydrogens is 242 g/mol. The first-order valence-electron chi connectivity index (χ1n) is 6.47. The van der Waals surface area contributed by atoms with Gasteiger partial charge in [-0.1, -0.05) is 19.1 Å². The normalized spacial score (nSPS) is 15.4. The molecule has 4 nitrogen and oxygen atoms in total. The fourth-order valence-electron chi connectivity index (χ4n) is 2.43. The predicted molar refractivity (Wildman–Crippen MR) is 75.2 cm³/mol. The number of hydrogen-bond acceptors (Lipinski definition) is 4. The maximum atomic E-state index is 11.7. The quantitative estimate of drug-likeness (QED) is 0.801. The highest BCUT2D eigenvalue weighted by molar-refractivity contribution is 5.71. The smallest absolute Gasteiger partial charge is 0.306 e. The van der Waals surface area contributed by atoms with Crippen molar-refractivity contribution in [1.82, 2.24) is 0 Å². The summed E-state index contributed by atoms with van der Waals surface area (Å²) in [5.41, 5.74) is 6.78. The molecule has 2 unspecified atom stereocenters. The van der Waals surface area contributed by atoms with Gasteiger partial charge in [0.2, 0.25) is 0 Å². The van der Waals surface area contributed by atoms with Gasteiger partial charge in [0.1, 0.15) is 5.75 Å². The third kappa shape index (κ3) is 3.26. The van der Waals surface area contributed by atoms with Crippen molar-refractivity contribution in [3.63, 3.8) is 0 Å². The molecule has 0 aliphatic carbocycles. The molecule has 0 amide bonds. The molecular formula is C15H23NO3. The van der Waals surface area contributed by atoms with E-state index in [4.69, 9.17) is 15.2 Å². The fourth-order valence-corrected chi connectivity index (χ4v) is 2.43. The Balaban J connectivity index is 3.17. The maximum absolute atomic E-state index is 11.7. The van der Waals surface area contributed by atoms with E-state index in [0.717, 1.165) is 17.7 Å². The zero-order valence-corrected chi connectivity index (χ0v) is 12.1. The van der Waals surface area contributed by atoms with Gasteiger partial charge in [-0.05, 0) is 31.0 Å². The van der Waals surface area contributed by atoms with Crippen molar-refractivity contribution >= 4 is 5.97 Å². The first-order valence-corrected chi connectivity index (χ1v) is 6.47. The Hall–Kier alpha value is -1.55. The van der Waals surface area contributed by atoms with Gasteiger partial charge in [0.15, 0.2) is 0 Å². The molecule has 0 heterocycles. The van der Waals surface area contributed by atoms with Crippen LogP contribution in [0.15, 0.2) is 24.3 Å². The predicted octanol–water partition coefficient (Wildman–Crippen LogP) is 2.25. The summed E-state index contributed by atoms with van der Waals surface area (Å²) in [6, 6.07) is 7.56. The van der Waals surface area contributed by atoms with Crippen LogP contribution in [-0.2, 0) is 14.9 Å². The van der Waals surface area contributed by atoms with Gasteiger partial charge in [-0.3, -0.25) is 4.79 Å². The second-order valence-corrected chi connectivity index (χ2v) is 4.78. The van der Waals surface area contributed by atoms with Crippen LogP contribution in [0.5, 0.6) is 5.75 Å². The summed E-state index contributed by atoms with van der Waals surface area (Å²) in [5.74, 6) is 0.548. The molecule has 0 saturated carbocycles. The lowest BCUT2D eigenvalue weighted by atomic mass is 9.70. The number of nitrogens with two attached hydrogens (primary N) is 1. The number of rotatable bonds is 6. The van der Waals surface area contributed by atoms with Crippen molar-refractivity contribution < 1.29 is 14.3 Å². The second-order valence-electron chi connectivity index (χ2n) is 4.78. The van der Waals surface area contributed by atoms with E-state index in [1.807, 2.05) is 38.1 Å². The molecule has 0 bridgehead atoms. The molecule has 0 saturated heterocycles. The average Bonchev–Trinajstić information content (AvgIpc) is 2.44. The summed E-state index contributed by atoms with van der Waals surface area (Å²) < 4.78 is 9.96. The average molecular weight is 265 g/mol. The minimum atomic E-state index is -0.403. The van der Waals surface area contributed by atoms with E-state index in [0.29, 0.717) is 0 Å². The van der Waals surface area contributed by atoms with Gasteiger partial charge in [-0.25, -0.2) is 0 Å². The number of methoxy groups -OCH3 is 2. The Morgan fingerprint density at radius 3 is 2.26 bits per heavy atom. The number of carbonyl (C=O) groups excluding carboxylic acids is 1. The van der Waals surface area contributed by atoms with Crippen molar-refractivity contribution in [2.24, 2.45) is 5.73 Å². The molecule has 19 heavy (non-hydrogen) atoms. The molecule has 1 aromatic carbocycles. The number of benzene rings is 1.